The van der Waals surface area contributed by atoms with E-state index in [4.69, 9.17) is 13.9 Å². The molecule has 1 N–H and O–H groups in total. The molecule has 0 aliphatic rings. The van der Waals surface area contributed by atoms with E-state index >= 15 is 0 Å². The highest BCUT2D eigenvalue weighted by Crippen LogP contribution is 2.28. The van der Waals surface area contributed by atoms with Crippen LogP contribution in [0, 0.1) is 6.92 Å². The van der Waals surface area contributed by atoms with Crippen molar-refractivity contribution in [3.05, 3.63) is 47.4 Å². The molecule has 0 aliphatic carbocycles. The molecule has 2 rings (SSSR count). The molecule has 8 nitrogen and oxygen atoms in total. The number of methoxy groups -OCH3 is 2. The van der Waals surface area contributed by atoms with Crippen molar-refractivity contribution in [1.29, 1.82) is 0 Å². The summed E-state index contributed by atoms with van der Waals surface area (Å²) in [6.07, 6.45) is 3.51. The standard InChI is InChI=1S/C28H43N3O5/c1-8-9-10-16-31(27(33)29-28(3,4)5)20-26(32)30(19-23-13-11-21(2)36-23)17-15-22-12-14-24(34-6)25(18-22)35-7/h11-14,18H,8-10,15-17,19-20H2,1-7H3,(H,29,33). The highest BCUT2D eigenvalue weighted by Gasteiger charge is 2.24. The van der Waals surface area contributed by atoms with E-state index in [0.29, 0.717) is 43.3 Å². The van der Waals surface area contributed by atoms with Gasteiger partial charge in [0.25, 0.3) is 0 Å². The molecule has 1 aromatic heterocycles. The fourth-order valence-corrected chi connectivity index (χ4v) is 3.82. The SMILES string of the molecule is CCCCCN(CC(=O)N(CCc1ccc(OC)c(OC)c1)Cc1ccc(C)o1)C(=O)NC(C)(C)C. The van der Waals surface area contributed by atoms with Gasteiger partial charge in [0.05, 0.1) is 20.8 Å². The van der Waals surface area contributed by atoms with E-state index in [2.05, 4.69) is 12.2 Å². The van der Waals surface area contributed by atoms with E-state index in [1.807, 2.05) is 58.0 Å². The van der Waals surface area contributed by atoms with Crippen molar-refractivity contribution in [2.24, 2.45) is 0 Å². The fourth-order valence-electron chi connectivity index (χ4n) is 3.82. The minimum absolute atomic E-state index is 0.0112. The van der Waals surface area contributed by atoms with Crippen LogP contribution in [0.1, 0.15) is 64.0 Å². The first-order valence-corrected chi connectivity index (χ1v) is 12.7. The largest absolute Gasteiger partial charge is 0.493 e. The maximum Gasteiger partial charge on any atom is 0.318 e. The summed E-state index contributed by atoms with van der Waals surface area (Å²) in [5.74, 6) is 2.70. The van der Waals surface area contributed by atoms with Crippen LogP contribution in [0.4, 0.5) is 4.79 Å². The molecule has 0 saturated heterocycles. The topological polar surface area (TPSA) is 84.2 Å². The Hall–Kier alpha value is -3.16. The van der Waals surface area contributed by atoms with Crippen molar-refractivity contribution in [3.8, 4) is 11.5 Å². The van der Waals surface area contributed by atoms with E-state index in [1.165, 1.54) is 0 Å². The number of urea groups is 1. The molecule has 0 aliphatic heterocycles. The Kier molecular flexibility index (Phi) is 11.1. The number of rotatable bonds is 13. The molecule has 0 unspecified atom stereocenters. The molecule has 8 heteroatoms. The minimum Gasteiger partial charge on any atom is -0.493 e. The van der Waals surface area contributed by atoms with Gasteiger partial charge in [0.2, 0.25) is 5.91 Å². The Morgan fingerprint density at radius 2 is 1.69 bits per heavy atom. The summed E-state index contributed by atoms with van der Waals surface area (Å²) >= 11 is 0. The highest BCUT2D eigenvalue weighted by atomic mass is 16.5. The maximum atomic E-state index is 13.5. The second-order valence-corrected chi connectivity index (χ2v) is 10.1. The first kappa shape index (κ1) is 29.1. The van der Waals surface area contributed by atoms with E-state index in [1.54, 1.807) is 24.0 Å². The fraction of sp³-hybridized carbons (Fsp3) is 0.571. The number of ether oxygens (including phenoxy) is 2. The number of nitrogens with one attached hydrogen (secondary N) is 1. The molecular formula is C28H43N3O5. The Balaban J connectivity index is 2.19. The Bertz CT molecular complexity index is 980. The first-order valence-electron chi connectivity index (χ1n) is 12.7. The van der Waals surface area contributed by atoms with Crippen molar-refractivity contribution in [2.45, 2.75) is 72.4 Å². The van der Waals surface area contributed by atoms with Crippen LogP contribution in [0.15, 0.2) is 34.7 Å². The summed E-state index contributed by atoms with van der Waals surface area (Å²) in [5.41, 5.74) is 0.633. The van der Waals surface area contributed by atoms with Gasteiger partial charge in [0.15, 0.2) is 11.5 Å². The van der Waals surface area contributed by atoms with Crippen LogP contribution in [-0.4, -0.2) is 61.1 Å². The van der Waals surface area contributed by atoms with Crippen LogP contribution >= 0.6 is 0 Å². The lowest BCUT2D eigenvalue weighted by molar-refractivity contribution is -0.132. The molecule has 2 aromatic rings. The number of amides is 3. The van der Waals surface area contributed by atoms with Gasteiger partial charge in [-0.2, -0.15) is 0 Å². The molecule has 0 radical (unpaired) electrons. The molecule has 0 atom stereocenters. The minimum atomic E-state index is -0.387. The maximum absolute atomic E-state index is 13.5. The number of nitrogens with zero attached hydrogens (tertiary/aromatic N) is 2. The van der Waals surface area contributed by atoms with Crippen LogP contribution in [0.3, 0.4) is 0 Å². The third-order valence-electron chi connectivity index (χ3n) is 5.74. The van der Waals surface area contributed by atoms with Crippen molar-refractivity contribution < 1.29 is 23.5 Å². The van der Waals surface area contributed by atoms with Crippen molar-refractivity contribution in [3.63, 3.8) is 0 Å². The summed E-state index contributed by atoms with van der Waals surface area (Å²) < 4.78 is 16.5. The predicted molar refractivity (Wildman–Crippen MR) is 141 cm³/mol. The van der Waals surface area contributed by atoms with Gasteiger partial charge >= 0.3 is 6.03 Å². The monoisotopic (exact) mass is 501 g/mol. The molecule has 36 heavy (non-hydrogen) atoms. The zero-order valence-corrected chi connectivity index (χ0v) is 23.0. The second-order valence-electron chi connectivity index (χ2n) is 10.1. The highest BCUT2D eigenvalue weighted by molar-refractivity contribution is 5.84. The summed E-state index contributed by atoms with van der Waals surface area (Å²) in [6.45, 7) is 11.2. The quantitative estimate of drug-likeness (QED) is 0.383. The normalized spacial score (nSPS) is 11.2. The van der Waals surface area contributed by atoms with E-state index < -0.39 is 0 Å². The van der Waals surface area contributed by atoms with Gasteiger partial charge in [-0.25, -0.2) is 4.79 Å². The average Bonchev–Trinajstić information content (AvgIpc) is 3.24. The number of unbranched alkanes of at least 4 members (excludes halogenated alkanes) is 2. The van der Waals surface area contributed by atoms with Gasteiger partial charge in [-0.1, -0.05) is 25.8 Å². The van der Waals surface area contributed by atoms with E-state index in [9.17, 15) is 9.59 Å². The number of benzene rings is 1. The lowest BCUT2D eigenvalue weighted by Crippen LogP contribution is -2.52. The van der Waals surface area contributed by atoms with Crippen LogP contribution in [0.25, 0.3) is 0 Å². The third-order valence-corrected chi connectivity index (χ3v) is 5.74. The molecule has 0 fully saturated rings. The summed E-state index contributed by atoms with van der Waals surface area (Å²) in [6, 6.07) is 9.31. The van der Waals surface area contributed by atoms with Crippen LogP contribution in [-0.2, 0) is 17.8 Å². The van der Waals surface area contributed by atoms with Crippen molar-refractivity contribution in [1.82, 2.24) is 15.1 Å². The van der Waals surface area contributed by atoms with Gasteiger partial charge in [-0.3, -0.25) is 4.79 Å². The molecule has 1 aromatic carbocycles. The summed E-state index contributed by atoms with van der Waals surface area (Å²) in [5, 5.41) is 3.00. The molecule has 0 bridgehead atoms. The van der Waals surface area contributed by atoms with Crippen LogP contribution in [0.5, 0.6) is 11.5 Å². The number of aryl methyl sites for hydroxylation is 1. The molecule has 0 spiro atoms. The lowest BCUT2D eigenvalue weighted by Gasteiger charge is -2.30. The van der Waals surface area contributed by atoms with Crippen LogP contribution < -0.4 is 14.8 Å². The average molecular weight is 502 g/mol. The number of carbonyl (C=O) groups is 2. The first-order chi connectivity index (χ1) is 17.1. The third kappa shape index (κ3) is 9.47. The van der Waals surface area contributed by atoms with Crippen molar-refractivity contribution >= 4 is 11.9 Å². The number of hydrogen-bond donors (Lipinski definition) is 1. The molecular weight excluding hydrogens is 458 g/mol. The molecule has 0 saturated carbocycles. The van der Waals surface area contributed by atoms with Crippen LogP contribution in [0.2, 0.25) is 0 Å². The number of hydrogen-bond acceptors (Lipinski definition) is 5. The van der Waals surface area contributed by atoms with Gasteiger partial charge in [0.1, 0.15) is 18.1 Å². The Morgan fingerprint density at radius 3 is 2.28 bits per heavy atom. The van der Waals surface area contributed by atoms with Gasteiger partial charge in [-0.05, 0) is 70.4 Å². The van der Waals surface area contributed by atoms with Gasteiger partial charge in [0, 0.05) is 18.6 Å². The summed E-state index contributed by atoms with van der Waals surface area (Å²) in [4.78, 5) is 29.9. The van der Waals surface area contributed by atoms with E-state index in [-0.39, 0.29) is 24.0 Å². The molecule has 1 heterocycles. The van der Waals surface area contributed by atoms with E-state index in [0.717, 1.165) is 30.6 Å². The molecule has 200 valence electrons. The Morgan fingerprint density at radius 1 is 0.972 bits per heavy atom. The summed E-state index contributed by atoms with van der Waals surface area (Å²) in [7, 11) is 3.21. The number of carbonyl (C=O) groups excluding carboxylic acids is 2. The number of furan rings is 1. The zero-order valence-electron chi connectivity index (χ0n) is 23.0. The smallest absolute Gasteiger partial charge is 0.318 e. The zero-order chi connectivity index (χ0) is 26.7. The lowest BCUT2D eigenvalue weighted by atomic mass is 10.1. The van der Waals surface area contributed by atoms with Gasteiger partial charge in [-0.15, -0.1) is 0 Å². The Labute approximate surface area is 215 Å². The van der Waals surface area contributed by atoms with Gasteiger partial charge < -0.3 is 29.0 Å². The predicted octanol–water partition coefficient (Wildman–Crippen LogP) is 5.18. The molecule has 3 amide bonds. The second kappa shape index (κ2) is 13.8. The van der Waals surface area contributed by atoms with Crippen molar-refractivity contribution in [2.75, 3.05) is 33.9 Å².